The van der Waals surface area contributed by atoms with Crippen LogP contribution < -0.4 is 20.5 Å². The molecule has 1 amide bonds. The number of likely N-dealkylation sites (N-methyl/N-ethyl adjacent to an activating group) is 1. The molecular weight excluding hydrogens is 522 g/mol. The van der Waals surface area contributed by atoms with Crippen LogP contribution in [-0.4, -0.2) is 63.7 Å². The number of nitrogens with zero attached hydrogens (tertiary/aromatic N) is 6. The molecule has 2 bridgehead atoms. The van der Waals surface area contributed by atoms with Gasteiger partial charge in [-0.25, -0.2) is 19.1 Å². The fourth-order valence-corrected chi connectivity index (χ4v) is 6.46. The third kappa shape index (κ3) is 3.91. The second-order valence-electron chi connectivity index (χ2n) is 11.3. The zero-order valence-corrected chi connectivity index (χ0v) is 22.7. The Labute approximate surface area is 235 Å². The van der Waals surface area contributed by atoms with Crippen LogP contribution in [0.2, 0.25) is 0 Å². The van der Waals surface area contributed by atoms with Gasteiger partial charge >= 0.3 is 6.09 Å². The Kier molecular flexibility index (Phi) is 5.27. The molecular formula is C30H29N7O4. The number of carbonyl (C=O) groups is 1. The number of allylic oxidation sites excluding steroid dienone is 1. The van der Waals surface area contributed by atoms with Crippen molar-refractivity contribution < 1.29 is 14.3 Å². The molecule has 11 nitrogen and oxygen atoms in total. The highest BCUT2D eigenvalue weighted by atomic mass is 16.6. The molecule has 41 heavy (non-hydrogen) atoms. The molecule has 208 valence electrons. The van der Waals surface area contributed by atoms with Crippen molar-refractivity contribution in [1.82, 2.24) is 24.2 Å². The Balaban J connectivity index is 1.23. The molecule has 11 heteroatoms. The summed E-state index contributed by atoms with van der Waals surface area (Å²) in [6, 6.07) is 12.0. The van der Waals surface area contributed by atoms with Gasteiger partial charge in [-0.15, -0.1) is 0 Å². The van der Waals surface area contributed by atoms with E-state index in [1.807, 2.05) is 24.3 Å². The van der Waals surface area contributed by atoms with Crippen molar-refractivity contribution in [3.8, 4) is 11.4 Å². The molecule has 1 aliphatic carbocycles. The number of amides is 1. The van der Waals surface area contributed by atoms with Crippen LogP contribution in [0, 0.1) is 0 Å². The summed E-state index contributed by atoms with van der Waals surface area (Å²) in [4.78, 5) is 39.6. The average Bonchev–Trinajstić information content (AvgIpc) is 3.67. The van der Waals surface area contributed by atoms with Gasteiger partial charge in [0.1, 0.15) is 24.3 Å². The highest BCUT2D eigenvalue weighted by Gasteiger charge is 2.48. The van der Waals surface area contributed by atoms with Gasteiger partial charge in [0.15, 0.2) is 5.65 Å². The minimum Gasteiger partial charge on any atom is -0.490 e. The van der Waals surface area contributed by atoms with E-state index in [0.29, 0.717) is 52.7 Å². The Morgan fingerprint density at radius 2 is 1.95 bits per heavy atom. The lowest BCUT2D eigenvalue weighted by Gasteiger charge is -2.32. The normalized spacial score (nSPS) is 19.8. The third-order valence-electron chi connectivity index (χ3n) is 8.49. The van der Waals surface area contributed by atoms with Gasteiger partial charge in [-0.2, -0.15) is 4.98 Å². The fraction of sp³-hybridized carbons (Fsp3) is 0.333. The summed E-state index contributed by atoms with van der Waals surface area (Å²) in [6.45, 7) is 3.14. The number of fused-ring (bicyclic) bond motifs is 7. The Hall–Kier alpha value is -4.64. The summed E-state index contributed by atoms with van der Waals surface area (Å²) in [6.07, 6.45) is 7.17. The van der Waals surface area contributed by atoms with E-state index in [2.05, 4.69) is 40.4 Å². The molecule has 1 spiro atoms. The van der Waals surface area contributed by atoms with Gasteiger partial charge in [0.2, 0.25) is 5.95 Å². The molecule has 0 saturated heterocycles. The fourth-order valence-electron chi connectivity index (χ4n) is 6.46. The van der Waals surface area contributed by atoms with Crippen molar-refractivity contribution in [2.45, 2.75) is 31.3 Å². The molecule has 4 aromatic rings. The molecule has 0 atom stereocenters. The Morgan fingerprint density at radius 1 is 1.05 bits per heavy atom. The summed E-state index contributed by atoms with van der Waals surface area (Å²) < 4.78 is 14.6. The monoisotopic (exact) mass is 551 g/mol. The van der Waals surface area contributed by atoms with Crippen LogP contribution in [0.5, 0.6) is 5.75 Å². The minimum atomic E-state index is -0.440. The maximum atomic E-state index is 13.5. The van der Waals surface area contributed by atoms with Crippen molar-refractivity contribution in [2.75, 3.05) is 43.6 Å². The van der Waals surface area contributed by atoms with E-state index in [9.17, 15) is 9.59 Å². The number of carbonyl (C=O) groups excluding carboxylic acids is 1. The maximum absolute atomic E-state index is 13.5. The largest absolute Gasteiger partial charge is 0.490 e. The second-order valence-corrected chi connectivity index (χ2v) is 11.3. The first-order valence-electron chi connectivity index (χ1n) is 13.9. The van der Waals surface area contributed by atoms with Crippen LogP contribution in [0.25, 0.3) is 16.7 Å². The standard InChI is InChI=1S/C30H29N7O4/c1-34-17-19-14-20(4-6-23(19)30(18-34)8-9-30)32-28-31-16-22-26(33-28)37-21-5-7-25-24(15-21)35(11-13-40-25)29(39)41-12-3-2-10-36(37)27(22)38/h2-7,14-16H,8-13,17-18H2,1H3,(H,31,32,33)/b3-2-. The van der Waals surface area contributed by atoms with Gasteiger partial charge in [0.05, 0.1) is 24.5 Å². The van der Waals surface area contributed by atoms with Crippen molar-refractivity contribution >= 4 is 34.4 Å². The Morgan fingerprint density at radius 3 is 2.83 bits per heavy atom. The molecule has 1 N–H and O–H groups in total. The van der Waals surface area contributed by atoms with E-state index in [0.717, 1.165) is 18.8 Å². The topological polar surface area (TPSA) is 107 Å². The van der Waals surface area contributed by atoms with Crippen LogP contribution in [0.3, 0.4) is 0 Å². The van der Waals surface area contributed by atoms with Gasteiger partial charge in [-0.1, -0.05) is 12.1 Å². The van der Waals surface area contributed by atoms with Gasteiger partial charge in [0, 0.05) is 30.4 Å². The van der Waals surface area contributed by atoms with Gasteiger partial charge in [-0.3, -0.25) is 9.69 Å². The minimum absolute atomic E-state index is 0.103. The highest BCUT2D eigenvalue weighted by Crippen LogP contribution is 2.52. The Bertz CT molecular complexity index is 1820. The molecule has 2 aromatic heterocycles. The number of nitrogens with one attached hydrogen (secondary N) is 1. The number of rotatable bonds is 2. The number of hydrogen-bond acceptors (Lipinski definition) is 8. The smallest absolute Gasteiger partial charge is 0.414 e. The van der Waals surface area contributed by atoms with Crippen LogP contribution in [0.4, 0.5) is 22.1 Å². The van der Waals surface area contributed by atoms with E-state index < -0.39 is 6.09 Å². The highest BCUT2D eigenvalue weighted by molar-refractivity contribution is 5.91. The van der Waals surface area contributed by atoms with Gasteiger partial charge < -0.3 is 19.7 Å². The van der Waals surface area contributed by atoms with Crippen LogP contribution in [-0.2, 0) is 23.2 Å². The van der Waals surface area contributed by atoms with E-state index in [-0.39, 0.29) is 18.7 Å². The van der Waals surface area contributed by atoms with Crippen LogP contribution in [0.15, 0.2) is 59.5 Å². The lowest BCUT2D eigenvalue weighted by molar-refractivity contribution is 0.162. The summed E-state index contributed by atoms with van der Waals surface area (Å²) >= 11 is 0. The molecule has 5 heterocycles. The number of ether oxygens (including phenoxy) is 2. The van der Waals surface area contributed by atoms with E-state index in [4.69, 9.17) is 14.5 Å². The summed E-state index contributed by atoms with van der Waals surface area (Å²) in [5, 5.41) is 3.77. The summed E-state index contributed by atoms with van der Waals surface area (Å²) in [7, 11) is 2.18. The van der Waals surface area contributed by atoms with Crippen molar-refractivity contribution in [1.29, 1.82) is 0 Å². The molecule has 3 aliphatic heterocycles. The van der Waals surface area contributed by atoms with Gasteiger partial charge in [-0.05, 0) is 67.4 Å². The van der Waals surface area contributed by atoms with Crippen LogP contribution >= 0.6 is 0 Å². The lowest BCUT2D eigenvalue weighted by atomic mass is 9.87. The number of benzene rings is 2. The molecule has 4 aliphatic rings. The SMILES string of the molecule is CN1Cc2cc(Nc3ncc4c(=O)n5n(c4n3)-c3ccc4c(c3)N(CCO4)C(=O)OC/C=C\C5)ccc2C2(CC2)C1. The molecule has 1 fully saturated rings. The lowest BCUT2D eigenvalue weighted by Crippen LogP contribution is -2.38. The van der Waals surface area contributed by atoms with E-state index in [1.165, 1.54) is 24.0 Å². The van der Waals surface area contributed by atoms with Crippen molar-refractivity contribution in [3.05, 3.63) is 76.2 Å². The molecule has 0 radical (unpaired) electrons. The number of hydrogen-bond donors (Lipinski definition) is 1. The molecule has 2 aromatic carbocycles. The number of cyclic esters (lactones) is 1. The number of anilines is 3. The molecule has 1 saturated carbocycles. The zero-order chi connectivity index (χ0) is 27.7. The van der Waals surface area contributed by atoms with E-state index in [1.54, 1.807) is 26.5 Å². The van der Waals surface area contributed by atoms with E-state index >= 15 is 0 Å². The van der Waals surface area contributed by atoms with Crippen molar-refractivity contribution in [3.63, 3.8) is 0 Å². The molecule has 8 rings (SSSR count). The maximum Gasteiger partial charge on any atom is 0.414 e. The summed E-state index contributed by atoms with van der Waals surface area (Å²) in [5.41, 5.74) is 5.54. The quantitative estimate of drug-likeness (QED) is 0.376. The van der Waals surface area contributed by atoms with Gasteiger partial charge in [0.25, 0.3) is 5.56 Å². The average molecular weight is 552 g/mol. The predicted octanol–water partition coefficient (Wildman–Crippen LogP) is 3.71. The molecule has 0 unspecified atom stereocenters. The summed E-state index contributed by atoms with van der Waals surface area (Å²) in [5.74, 6) is 0.981. The van der Waals surface area contributed by atoms with Crippen molar-refractivity contribution in [2.24, 2.45) is 0 Å². The first kappa shape index (κ1) is 24.2. The second kappa shape index (κ2) is 8.93. The predicted molar refractivity (Wildman–Crippen MR) is 153 cm³/mol. The zero-order valence-electron chi connectivity index (χ0n) is 22.7. The first-order chi connectivity index (χ1) is 20.0. The van der Waals surface area contributed by atoms with Crippen LogP contribution in [0.1, 0.15) is 24.0 Å². The third-order valence-corrected chi connectivity index (χ3v) is 8.49. The number of aromatic nitrogens is 4. The first-order valence-corrected chi connectivity index (χ1v) is 13.9.